The van der Waals surface area contributed by atoms with Gasteiger partial charge in [-0.2, -0.15) is 0 Å². The van der Waals surface area contributed by atoms with Gasteiger partial charge in [-0.3, -0.25) is 4.90 Å². The topological polar surface area (TPSA) is 15.3 Å². The van der Waals surface area contributed by atoms with E-state index < -0.39 is 0 Å². The third kappa shape index (κ3) is 2.36. The first-order valence-corrected chi connectivity index (χ1v) is 6.63. The fraction of sp³-hybridized carbons (Fsp3) is 1.00. The summed E-state index contributed by atoms with van der Waals surface area (Å²) >= 11 is 0. The van der Waals surface area contributed by atoms with Crippen molar-refractivity contribution in [1.82, 2.24) is 10.2 Å². The van der Waals surface area contributed by atoms with Crippen molar-refractivity contribution >= 4 is 0 Å². The molecule has 88 valence electrons. The molecule has 0 aromatic heterocycles. The molecule has 1 atom stereocenters. The lowest BCUT2D eigenvalue weighted by atomic mass is 9.93. The summed E-state index contributed by atoms with van der Waals surface area (Å²) in [6.07, 6.45) is 7.02. The van der Waals surface area contributed by atoms with Crippen LogP contribution in [0.3, 0.4) is 0 Å². The zero-order valence-electron chi connectivity index (χ0n) is 10.6. The van der Waals surface area contributed by atoms with Crippen LogP contribution in [0.1, 0.15) is 52.9 Å². The van der Waals surface area contributed by atoms with Crippen molar-refractivity contribution in [3.63, 3.8) is 0 Å². The third-order valence-corrected chi connectivity index (χ3v) is 4.28. The molecule has 1 heterocycles. The maximum Gasteiger partial charge on any atom is 0.0281 e. The number of nitrogens with zero attached hydrogens (tertiary/aromatic N) is 1. The van der Waals surface area contributed by atoms with Crippen molar-refractivity contribution in [2.24, 2.45) is 0 Å². The molecule has 2 nitrogen and oxygen atoms in total. The van der Waals surface area contributed by atoms with Gasteiger partial charge in [0.2, 0.25) is 0 Å². The van der Waals surface area contributed by atoms with Gasteiger partial charge in [-0.1, -0.05) is 19.8 Å². The van der Waals surface area contributed by atoms with Crippen LogP contribution in [0.4, 0.5) is 0 Å². The average molecular weight is 210 g/mol. The molecule has 2 rings (SSSR count). The molecule has 15 heavy (non-hydrogen) atoms. The fourth-order valence-electron chi connectivity index (χ4n) is 3.18. The van der Waals surface area contributed by atoms with E-state index in [9.17, 15) is 0 Å². The maximum absolute atomic E-state index is 3.67. The Kier molecular flexibility index (Phi) is 3.36. The van der Waals surface area contributed by atoms with E-state index in [2.05, 4.69) is 31.0 Å². The normalized spacial score (nSPS) is 33.4. The Labute approximate surface area is 94.4 Å². The minimum atomic E-state index is 0.362. The predicted molar refractivity (Wildman–Crippen MR) is 65.1 cm³/mol. The Morgan fingerprint density at radius 3 is 2.53 bits per heavy atom. The average Bonchev–Trinajstić information content (AvgIpc) is 2.70. The summed E-state index contributed by atoms with van der Waals surface area (Å²) in [7, 11) is 0. The molecule has 1 N–H and O–H groups in total. The lowest BCUT2D eigenvalue weighted by molar-refractivity contribution is 0.0263. The molecule has 0 bridgehead atoms. The molecular weight excluding hydrogens is 184 g/mol. The van der Waals surface area contributed by atoms with Crippen LogP contribution in [-0.2, 0) is 0 Å². The highest BCUT2D eigenvalue weighted by Crippen LogP contribution is 2.31. The molecule has 1 aliphatic heterocycles. The van der Waals surface area contributed by atoms with Crippen molar-refractivity contribution in [3.8, 4) is 0 Å². The van der Waals surface area contributed by atoms with Crippen LogP contribution in [-0.4, -0.2) is 35.6 Å². The smallest absolute Gasteiger partial charge is 0.0281 e. The minimum absolute atomic E-state index is 0.362. The number of rotatable bonds is 2. The summed E-state index contributed by atoms with van der Waals surface area (Å²) < 4.78 is 0. The second-order valence-corrected chi connectivity index (χ2v) is 5.89. The summed E-state index contributed by atoms with van der Waals surface area (Å²) in [6, 6.07) is 1.59. The minimum Gasteiger partial charge on any atom is -0.311 e. The molecular formula is C13H26N2. The molecule has 1 unspecified atom stereocenters. The number of hydrogen-bond acceptors (Lipinski definition) is 2. The summed E-state index contributed by atoms with van der Waals surface area (Å²) in [5.74, 6) is 0. The number of hydrogen-bond donors (Lipinski definition) is 1. The van der Waals surface area contributed by atoms with Gasteiger partial charge in [0.15, 0.2) is 0 Å². The van der Waals surface area contributed by atoms with E-state index in [1.54, 1.807) is 0 Å². The lowest BCUT2D eigenvalue weighted by Crippen LogP contribution is -2.64. The van der Waals surface area contributed by atoms with Gasteiger partial charge in [0.05, 0.1) is 0 Å². The molecule has 1 aliphatic carbocycles. The maximum atomic E-state index is 3.67. The van der Waals surface area contributed by atoms with E-state index in [-0.39, 0.29) is 0 Å². The van der Waals surface area contributed by atoms with Gasteiger partial charge in [-0.25, -0.2) is 0 Å². The molecule has 2 heteroatoms. The van der Waals surface area contributed by atoms with Crippen LogP contribution < -0.4 is 5.32 Å². The van der Waals surface area contributed by atoms with Gasteiger partial charge in [-0.15, -0.1) is 0 Å². The molecule has 2 aliphatic rings. The molecule has 0 amide bonds. The van der Waals surface area contributed by atoms with Crippen LogP contribution in [0.2, 0.25) is 0 Å². The van der Waals surface area contributed by atoms with Crippen molar-refractivity contribution in [1.29, 1.82) is 0 Å². The zero-order valence-corrected chi connectivity index (χ0v) is 10.6. The van der Waals surface area contributed by atoms with Crippen LogP contribution in [0, 0.1) is 0 Å². The van der Waals surface area contributed by atoms with Crippen LogP contribution >= 0.6 is 0 Å². The van der Waals surface area contributed by atoms with Crippen molar-refractivity contribution < 1.29 is 0 Å². The molecule has 2 fully saturated rings. The SMILES string of the molecule is CCC1CN(C2CCCC2)C(C)(C)CN1. The number of piperazine rings is 1. The molecule has 1 saturated carbocycles. The first-order valence-electron chi connectivity index (χ1n) is 6.63. The zero-order chi connectivity index (χ0) is 10.9. The van der Waals surface area contributed by atoms with Crippen molar-refractivity contribution in [2.45, 2.75) is 70.5 Å². The molecule has 0 aromatic carbocycles. The summed E-state index contributed by atoms with van der Waals surface area (Å²) in [5, 5.41) is 3.67. The van der Waals surface area contributed by atoms with Crippen molar-refractivity contribution in [3.05, 3.63) is 0 Å². The van der Waals surface area contributed by atoms with Gasteiger partial charge in [-0.05, 0) is 33.1 Å². The summed E-state index contributed by atoms with van der Waals surface area (Å²) in [5.41, 5.74) is 0.362. The van der Waals surface area contributed by atoms with E-state index >= 15 is 0 Å². The Bertz CT molecular complexity index is 207. The van der Waals surface area contributed by atoms with Crippen LogP contribution in [0.15, 0.2) is 0 Å². The molecule has 0 radical (unpaired) electrons. The van der Waals surface area contributed by atoms with E-state index in [1.807, 2.05) is 0 Å². The Hall–Kier alpha value is -0.0800. The standard InChI is InChI=1S/C13H26N2/c1-4-11-9-15(12-7-5-6-8-12)13(2,3)10-14-11/h11-12,14H,4-10H2,1-3H3. The van der Waals surface area contributed by atoms with E-state index in [0.29, 0.717) is 5.54 Å². The second kappa shape index (κ2) is 4.42. The highest BCUT2D eigenvalue weighted by Gasteiger charge is 2.38. The van der Waals surface area contributed by atoms with E-state index in [0.717, 1.165) is 18.6 Å². The summed E-state index contributed by atoms with van der Waals surface area (Å²) in [6.45, 7) is 9.49. The summed E-state index contributed by atoms with van der Waals surface area (Å²) in [4.78, 5) is 2.78. The van der Waals surface area contributed by atoms with E-state index in [4.69, 9.17) is 0 Å². The fourth-order valence-corrected chi connectivity index (χ4v) is 3.18. The Morgan fingerprint density at radius 1 is 1.27 bits per heavy atom. The molecule has 1 saturated heterocycles. The van der Waals surface area contributed by atoms with Gasteiger partial charge < -0.3 is 5.32 Å². The largest absolute Gasteiger partial charge is 0.311 e. The van der Waals surface area contributed by atoms with Gasteiger partial charge in [0.25, 0.3) is 0 Å². The van der Waals surface area contributed by atoms with E-state index in [1.165, 1.54) is 38.6 Å². The van der Waals surface area contributed by atoms with Crippen LogP contribution in [0.5, 0.6) is 0 Å². The predicted octanol–water partition coefficient (Wildman–Crippen LogP) is 2.39. The molecule has 0 spiro atoms. The Balaban J connectivity index is 2.03. The first kappa shape index (κ1) is 11.4. The highest BCUT2D eigenvalue weighted by atomic mass is 15.3. The Morgan fingerprint density at radius 2 is 1.93 bits per heavy atom. The third-order valence-electron chi connectivity index (χ3n) is 4.28. The van der Waals surface area contributed by atoms with Crippen LogP contribution in [0.25, 0.3) is 0 Å². The lowest BCUT2D eigenvalue weighted by Gasteiger charge is -2.49. The van der Waals surface area contributed by atoms with Gasteiger partial charge >= 0.3 is 0 Å². The number of nitrogens with one attached hydrogen (secondary N) is 1. The highest BCUT2D eigenvalue weighted by molar-refractivity contribution is 4.96. The van der Waals surface area contributed by atoms with Gasteiger partial charge in [0.1, 0.15) is 0 Å². The molecule has 0 aromatic rings. The quantitative estimate of drug-likeness (QED) is 0.753. The van der Waals surface area contributed by atoms with Crippen molar-refractivity contribution in [2.75, 3.05) is 13.1 Å². The van der Waals surface area contributed by atoms with Gasteiger partial charge in [0, 0.05) is 30.7 Å². The monoisotopic (exact) mass is 210 g/mol. The first-order chi connectivity index (χ1) is 7.13. The second-order valence-electron chi connectivity index (χ2n) is 5.89.